The molecule has 1 aliphatic carbocycles. The van der Waals surface area contributed by atoms with Crippen molar-refractivity contribution in [1.82, 2.24) is 10.1 Å². The molecule has 0 bridgehead atoms. The number of nitrogens with zero attached hydrogens (tertiary/aromatic N) is 2. The van der Waals surface area contributed by atoms with Gasteiger partial charge in [0.05, 0.1) is 11.9 Å². The van der Waals surface area contributed by atoms with Crippen LogP contribution in [-0.4, -0.2) is 21.4 Å². The van der Waals surface area contributed by atoms with Crippen LogP contribution in [0, 0.1) is 5.82 Å². The van der Waals surface area contributed by atoms with Gasteiger partial charge in [-0.3, -0.25) is 0 Å². The Morgan fingerprint density at radius 1 is 1.42 bits per heavy atom. The van der Waals surface area contributed by atoms with Gasteiger partial charge in [-0.1, -0.05) is 11.2 Å². The van der Waals surface area contributed by atoms with Gasteiger partial charge in [-0.2, -0.15) is 4.98 Å². The first-order chi connectivity index (χ1) is 9.20. The summed E-state index contributed by atoms with van der Waals surface area (Å²) in [6.07, 6.45) is 1.15. The first-order valence-corrected chi connectivity index (χ1v) is 7.08. The molecule has 0 unspecified atom stereocenters. The molecule has 100 valence electrons. The highest BCUT2D eigenvalue weighted by Crippen LogP contribution is 2.36. The second-order valence-electron chi connectivity index (χ2n) is 4.62. The maximum Gasteiger partial charge on any atom is 0.229 e. The Balaban J connectivity index is 1.58. The highest BCUT2D eigenvalue weighted by Gasteiger charge is 2.32. The molecule has 6 heteroatoms. The van der Waals surface area contributed by atoms with Crippen LogP contribution in [0.1, 0.15) is 30.5 Å². The molecular weight excluding hydrogens is 267 g/mol. The van der Waals surface area contributed by atoms with Crippen molar-refractivity contribution in [2.24, 2.45) is 0 Å². The lowest BCUT2D eigenvalue weighted by Crippen LogP contribution is -2.26. The summed E-state index contributed by atoms with van der Waals surface area (Å²) in [5, 5.41) is 13.1. The Kier molecular flexibility index (Phi) is 3.52. The molecule has 1 aromatic carbocycles. The highest BCUT2D eigenvalue weighted by molar-refractivity contribution is 7.98. The van der Waals surface area contributed by atoms with E-state index in [4.69, 9.17) is 4.52 Å². The number of hydrogen-bond donors (Lipinski definition) is 1. The zero-order chi connectivity index (χ0) is 13.2. The van der Waals surface area contributed by atoms with E-state index in [9.17, 15) is 9.50 Å². The van der Waals surface area contributed by atoms with Gasteiger partial charge in [-0.05, 0) is 31.0 Å². The van der Waals surface area contributed by atoms with Gasteiger partial charge in [0.15, 0.2) is 5.82 Å². The fourth-order valence-corrected chi connectivity index (χ4v) is 2.77. The van der Waals surface area contributed by atoms with Crippen LogP contribution in [0.2, 0.25) is 0 Å². The minimum absolute atomic E-state index is 0.190. The molecule has 0 spiro atoms. The number of aliphatic hydroxyl groups excluding tert-OH is 1. The van der Waals surface area contributed by atoms with E-state index in [1.54, 1.807) is 6.07 Å². The fraction of sp³-hybridized carbons (Fsp3) is 0.385. The number of rotatable bonds is 4. The molecule has 1 aliphatic rings. The molecule has 1 aromatic heterocycles. The lowest BCUT2D eigenvalue weighted by Gasteiger charge is -2.27. The third-order valence-corrected chi connectivity index (χ3v) is 4.10. The van der Waals surface area contributed by atoms with E-state index in [1.807, 2.05) is 6.07 Å². The number of aromatic nitrogens is 2. The summed E-state index contributed by atoms with van der Waals surface area (Å²) in [6, 6.07) is 6.42. The Morgan fingerprint density at radius 3 is 3.00 bits per heavy atom. The van der Waals surface area contributed by atoms with E-state index >= 15 is 0 Å². The molecule has 1 N–H and O–H groups in total. The molecule has 1 fully saturated rings. The third-order valence-electron chi connectivity index (χ3n) is 3.11. The molecule has 0 radical (unpaired) electrons. The Labute approximate surface area is 114 Å². The van der Waals surface area contributed by atoms with Crippen LogP contribution in [0.3, 0.4) is 0 Å². The van der Waals surface area contributed by atoms with Gasteiger partial charge in [0, 0.05) is 10.8 Å². The van der Waals surface area contributed by atoms with E-state index in [0.717, 1.165) is 4.90 Å². The molecule has 0 saturated heterocycles. The molecule has 0 amide bonds. The predicted molar refractivity (Wildman–Crippen MR) is 68.2 cm³/mol. The average molecular weight is 280 g/mol. The van der Waals surface area contributed by atoms with Crippen molar-refractivity contribution >= 4 is 11.8 Å². The quantitative estimate of drug-likeness (QED) is 0.873. The van der Waals surface area contributed by atoms with Gasteiger partial charge in [0.1, 0.15) is 5.82 Å². The van der Waals surface area contributed by atoms with Crippen molar-refractivity contribution in [2.75, 3.05) is 0 Å². The molecule has 1 saturated carbocycles. The van der Waals surface area contributed by atoms with E-state index in [1.165, 1.54) is 23.9 Å². The van der Waals surface area contributed by atoms with Crippen LogP contribution >= 0.6 is 11.8 Å². The first kappa shape index (κ1) is 12.6. The maximum absolute atomic E-state index is 13.0. The summed E-state index contributed by atoms with van der Waals surface area (Å²) < 4.78 is 18.2. The van der Waals surface area contributed by atoms with E-state index in [-0.39, 0.29) is 17.8 Å². The van der Waals surface area contributed by atoms with Gasteiger partial charge in [-0.25, -0.2) is 4.39 Å². The first-order valence-electron chi connectivity index (χ1n) is 6.09. The van der Waals surface area contributed by atoms with Crippen LogP contribution in [0.4, 0.5) is 4.39 Å². The molecule has 2 aromatic rings. The molecule has 4 nitrogen and oxygen atoms in total. The summed E-state index contributed by atoms with van der Waals surface area (Å²) in [4.78, 5) is 5.14. The minimum Gasteiger partial charge on any atom is -0.393 e. The number of halogens is 1. The third kappa shape index (κ3) is 2.96. The summed E-state index contributed by atoms with van der Waals surface area (Å²) in [7, 11) is 0. The second kappa shape index (κ2) is 5.30. The smallest absolute Gasteiger partial charge is 0.229 e. The van der Waals surface area contributed by atoms with Gasteiger partial charge in [0.25, 0.3) is 0 Å². The lowest BCUT2D eigenvalue weighted by molar-refractivity contribution is 0.0625. The van der Waals surface area contributed by atoms with Crippen LogP contribution in [0.25, 0.3) is 0 Å². The molecule has 0 aliphatic heterocycles. The van der Waals surface area contributed by atoms with Crippen molar-refractivity contribution < 1.29 is 14.0 Å². The van der Waals surface area contributed by atoms with Crippen LogP contribution in [-0.2, 0) is 5.75 Å². The molecular formula is C13H13FN2O2S. The highest BCUT2D eigenvalue weighted by atomic mass is 32.2. The van der Waals surface area contributed by atoms with E-state index in [2.05, 4.69) is 10.1 Å². The van der Waals surface area contributed by atoms with Crippen LogP contribution < -0.4 is 0 Å². The van der Waals surface area contributed by atoms with Crippen LogP contribution in [0.15, 0.2) is 33.7 Å². The zero-order valence-electron chi connectivity index (χ0n) is 10.1. The van der Waals surface area contributed by atoms with Gasteiger partial charge in [0.2, 0.25) is 5.89 Å². The largest absolute Gasteiger partial charge is 0.393 e. The SMILES string of the molecule is OC1CC(c2nc(CSc3cccc(F)c3)no2)C1. The standard InChI is InChI=1S/C13H13FN2O2S/c14-9-2-1-3-11(6-9)19-7-12-15-13(18-16-12)8-4-10(17)5-8/h1-3,6,8,10,17H,4-5,7H2. The van der Waals surface area contributed by atoms with Crippen molar-refractivity contribution in [1.29, 1.82) is 0 Å². The normalized spacial score (nSPS) is 22.2. The second-order valence-corrected chi connectivity index (χ2v) is 5.67. The number of hydrogen-bond acceptors (Lipinski definition) is 5. The molecule has 1 heterocycles. The number of aliphatic hydroxyl groups is 1. The fourth-order valence-electron chi connectivity index (χ4n) is 1.99. The monoisotopic (exact) mass is 280 g/mol. The maximum atomic E-state index is 13.0. The minimum atomic E-state index is -0.248. The van der Waals surface area contributed by atoms with E-state index < -0.39 is 0 Å². The predicted octanol–water partition coefficient (Wildman–Crippen LogP) is 2.74. The average Bonchev–Trinajstić information content (AvgIpc) is 2.81. The number of thioether (sulfide) groups is 1. The molecule has 3 rings (SSSR count). The van der Waals surface area contributed by atoms with Crippen molar-refractivity contribution in [3.8, 4) is 0 Å². The van der Waals surface area contributed by atoms with Gasteiger partial charge in [-0.15, -0.1) is 11.8 Å². The summed E-state index contributed by atoms with van der Waals surface area (Å²) in [6.45, 7) is 0. The summed E-state index contributed by atoms with van der Waals surface area (Å²) in [5.41, 5.74) is 0. The van der Waals surface area contributed by atoms with Crippen molar-refractivity contribution in [2.45, 2.75) is 35.5 Å². The summed E-state index contributed by atoms with van der Waals surface area (Å²) in [5.74, 6) is 1.69. The van der Waals surface area contributed by atoms with Gasteiger partial charge < -0.3 is 9.63 Å². The topological polar surface area (TPSA) is 59.2 Å². The Hall–Kier alpha value is -1.40. The van der Waals surface area contributed by atoms with Crippen molar-refractivity contribution in [3.63, 3.8) is 0 Å². The molecule has 0 atom stereocenters. The lowest BCUT2D eigenvalue weighted by atomic mass is 9.82. The van der Waals surface area contributed by atoms with Crippen molar-refractivity contribution in [3.05, 3.63) is 41.8 Å². The summed E-state index contributed by atoms with van der Waals surface area (Å²) >= 11 is 1.46. The van der Waals surface area contributed by atoms with Gasteiger partial charge >= 0.3 is 0 Å². The van der Waals surface area contributed by atoms with Crippen LogP contribution in [0.5, 0.6) is 0 Å². The van der Waals surface area contributed by atoms with E-state index in [0.29, 0.717) is 30.3 Å². The zero-order valence-corrected chi connectivity index (χ0v) is 10.9. The Bertz CT molecular complexity index is 569. The molecule has 19 heavy (non-hydrogen) atoms. The Morgan fingerprint density at radius 2 is 2.26 bits per heavy atom. The number of benzene rings is 1.